The fourth-order valence-corrected chi connectivity index (χ4v) is 1.46. The van der Waals surface area contributed by atoms with Crippen LogP contribution >= 0.6 is 0 Å². The Morgan fingerprint density at radius 2 is 1.80 bits per heavy atom. The maximum Gasteiger partial charge on any atom is 0.100 e. The summed E-state index contributed by atoms with van der Waals surface area (Å²) >= 11 is 0. The van der Waals surface area contributed by atoms with Crippen LogP contribution in [0.25, 0.3) is 0 Å². The maximum atomic E-state index is 12.6. The number of hydrogen-bond donors (Lipinski definition) is 0. The fraction of sp³-hybridized carbons (Fsp3) is 0.667. The summed E-state index contributed by atoms with van der Waals surface area (Å²) in [6, 6.07) is 0. The van der Waals surface area contributed by atoms with E-state index in [-0.39, 0.29) is 0 Å². The van der Waals surface area contributed by atoms with Crippen LogP contribution in [0.4, 0.5) is 4.39 Å². The molecular formula is C9H14F. The Morgan fingerprint density at radius 1 is 1.20 bits per heavy atom. The molecule has 0 aromatic heterocycles. The summed E-state index contributed by atoms with van der Waals surface area (Å²) in [4.78, 5) is 0. The molecule has 0 N–H and O–H groups in total. The molecule has 0 amide bonds. The van der Waals surface area contributed by atoms with Gasteiger partial charge in [0.25, 0.3) is 0 Å². The van der Waals surface area contributed by atoms with Gasteiger partial charge in [0.1, 0.15) is 6.17 Å². The average Bonchev–Trinajstić information content (AvgIpc) is 1.95. The van der Waals surface area contributed by atoms with Crippen molar-refractivity contribution in [1.82, 2.24) is 0 Å². The molecule has 1 rings (SSSR count). The molecular weight excluding hydrogens is 127 g/mol. The van der Waals surface area contributed by atoms with Crippen molar-refractivity contribution in [2.75, 3.05) is 0 Å². The number of alkyl halides is 1. The molecule has 1 heteroatoms. The van der Waals surface area contributed by atoms with E-state index in [0.717, 1.165) is 25.7 Å². The summed E-state index contributed by atoms with van der Waals surface area (Å²) in [6.45, 7) is 3.62. The zero-order valence-electron chi connectivity index (χ0n) is 6.22. The van der Waals surface area contributed by atoms with Crippen LogP contribution in [0.2, 0.25) is 0 Å². The van der Waals surface area contributed by atoms with Crippen LogP contribution in [0.1, 0.15) is 25.7 Å². The van der Waals surface area contributed by atoms with Crippen LogP contribution < -0.4 is 0 Å². The molecule has 0 aliphatic heterocycles. The zero-order valence-corrected chi connectivity index (χ0v) is 6.22. The van der Waals surface area contributed by atoms with E-state index >= 15 is 0 Å². The Hall–Kier alpha value is -0.330. The van der Waals surface area contributed by atoms with Gasteiger partial charge in [-0.05, 0) is 38.5 Å². The molecule has 0 heterocycles. The molecule has 0 saturated heterocycles. The van der Waals surface area contributed by atoms with Crippen LogP contribution in [0.15, 0.2) is 12.2 Å². The zero-order chi connectivity index (χ0) is 7.40. The summed E-state index contributed by atoms with van der Waals surface area (Å²) in [5, 5.41) is 0. The second-order valence-corrected chi connectivity index (χ2v) is 2.94. The maximum absolute atomic E-state index is 12.6. The predicted octanol–water partition coefficient (Wildman–Crippen LogP) is 2.90. The number of hydrogen-bond acceptors (Lipinski definition) is 0. The lowest BCUT2D eigenvalue weighted by Crippen LogP contribution is -2.12. The molecule has 0 bridgehead atoms. The highest BCUT2D eigenvalue weighted by molar-refractivity contribution is 4.92. The molecule has 0 unspecified atom stereocenters. The first-order valence-electron chi connectivity index (χ1n) is 3.93. The van der Waals surface area contributed by atoms with Gasteiger partial charge < -0.3 is 0 Å². The minimum Gasteiger partial charge on any atom is -0.247 e. The lowest BCUT2D eigenvalue weighted by atomic mass is 9.88. The first kappa shape index (κ1) is 7.77. The van der Waals surface area contributed by atoms with Crippen LogP contribution in [-0.4, -0.2) is 6.17 Å². The highest BCUT2D eigenvalue weighted by Gasteiger charge is 2.17. The van der Waals surface area contributed by atoms with E-state index in [1.54, 1.807) is 0 Å². The van der Waals surface area contributed by atoms with Crippen LogP contribution in [0.5, 0.6) is 0 Å². The van der Waals surface area contributed by atoms with E-state index in [1.165, 1.54) is 0 Å². The Labute approximate surface area is 62.1 Å². The normalized spacial score (nSPS) is 35.0. The number of halogens is 1. The largest absolute Gasteiger partial charge is 0.247 e. The van der Waals surface area contributed by atoms with E-state index in [4.69, 9.17) is 0 Å². The van der Waals surface area contributed by atoms with Crippen molar-refractivity contribution in [3.05, 3.63) is 19.1 Å². The second kappa shape index (κ2) is 3.75. The molecule has 0 aromatic rings. The molecule has 10 heavy (non-hydrogen) atoms. The molecule has 0 nitrogen and oxygen atoms in total. The summed E-state index contributed by atoms with van der Waals surface area (Å²) in [6.07, 6.45) is 6.88. The highest BCUT2D eigenvalue weighted by Crippen LogP contribution is 2.26. The Balaban J connectivity index is 2.26. The van der Waals surface area contributed by atoms with Gasteiger partial charge in [0.05, 0.1) is 0 Å². The highest BCUT2D eigenvalue weighted by atomic mass is 19.1. The lowest BCUT2D eigenvalue weighted by molar-refractivity contribution is 0.226. The minimum atomic E-state index is -0.533. The van der Waals surface area contributed by atoms with Gasteiger partial charge in [0.15, 0.2) is 0 Å². The standard InChI is InChI=1S/C9H14F/c1-2-3-8-4-6-9(10)7-5-8/h2-3,8-9H,1,4-7H2. The first-order chi connectivity index (χ1) is 4.83. The van der Waals surface area contributed by atoms with Gasteiger partial charge in [-0.15, -0.1) is 0 Å². The minimum absolute atomic E-state index is 0.533. The third-order valence-electron chi connectivity index (χ3n) is 2.11. The van der Waals surface area contributed by atoms with Crippen molar-refractivity contribution in [3.8, 4) is 0 Å². The van der Waals surface area contributed by atoms with Crippen LogP contribution in [0, 0.1) is 12.8 Å². The van der Waals surface area contributed by atoms with Gasteiger partial charge in [0, 0.05) is 0 Å². The Kier molecular flexibility index (Phi) is 2.91. The molecule has 1 fully saturated rings. The third kappa shape index (κ3) is 2.13. The molecule has 1 saturated carbocycles. The van der Waals surface area contributed by atoms with Gasteiger partial charge in [0.2, 0.25) is 0 Å². The molecule has 0 aromatic carbocycles. The van der Waals surface area contributed by atoms with E-state index in [1.807, 2.05) is 6.08 Å². The monoisotopic (exact) mass is 141 g/mol. The van der Waals surface area contributed by atoms with Crippen molar-refractivity contribution in [2.45, 2.75) is 31.9 Å². The lowest BCUT2D eigenvalue weighted by Gasteiger charge is -2.20. The fourth-order valence-electron chi connectivity index (χ4n) is 1.46. The van der Waals surface area contributed by atoms with Crippen molar-refractivity contribution in [2.24, 2.45) is 5.92 Å². The summed E-state index contributed by atoms with van der Waals surface area (Å²) in [5.74, 6) is 0.601. The van der Waals surface area contributed by atoms with Crippen LogP contribution in [0.3, 0.4) is 0 Å². The van der Waals surface area contributed by atoms with E-state index in [2.05, 4.69) is 13.0 Å². The molecule has 0 spiro atoms. The molecule has 1 radical (unpaired) electrons. The number of rotatable bonds is 1. The molecule has 57 valence electrons. The topological polar surface area (TPSA) is 0 Å². The summed E-state index contributed by atoms with van der Waals surface area (Å²) < 4.78 is 12.6. The summed E-state index contributed by atoms with van der Waals surface area (Å²) in [5.41, 5.74) is 0. The second-order valence-electron chi connectivity index (χ2n) is 2.94. The SMILES string of the molecule is [CH2]C=CC1CCC(F)CC1. The van der Waals surface area contributed by atoms with Gasteiger partial charge in [-0.2, -0.15) is 0 Å². The van der Waals surface area contributed by atoms with E-state index in [0.29, 0.717) is 5.92 Å². The number of allylic oxidation sites excluding steroid dienone is 2. The van der Waals surface area contributed by atoms with Gasteiger partial charge in [-0.1, -0.05) is 12.2 Å². The van der Waals surface area contributed by atoms with Crippen LogP contribution in [-0.2, 0) is 0 Å². The third-order valence-corrected chi connectivity index (χ3v) is 2.11. The Bertz CT molecular complexity index is 110. The first-order valence-corrected chi connectivity index (χ1v) is 3.93. The molecule has 1 aliphatic rings. The van der Waals surface area contributed by atoms with Gasteiger partial charge >= 0.3 is 0 Å². The van der Waals surface area contributed by atoms with Gasteiger partial charge in [-0.25, -0.2) is 4.39 Å². The van der Waals surface area contributed by atoms with Crippen molar-refractivity contribution >= 4 is 0 Å². The predicted molar refractivity (Wildman–Crippen MR) is 41.4 cm³/mol. The average molecular weight is 141 g/mol. The van der Waals surface area contributed by atoms with Gasteiger partial charge in [-0.3, -0.25) is 0 Å². The smallest absolute Gasteiger partial charge is 0.100 e. The summed E-state index contributed by atoms with van der Waals surface area (Å²) in [7, 11) is 0. The molecule has 0 atom stereocenters. The van der Waals surface area contributed by atoms with Crippen molar-refractivity contribution in [3.63, 3.8) is 0 Å². The van der Waals surface area contributed by atoms with E-state index in [9.17, 15) is 4.39 Å². The van der Waals surface area contributed by atoms with Crippen molar-refractivity contribution < 1.29 is 4.39 Å². The van der Waals surface area contributed by atoms with Crippen molar-refractivity contribution in [1.29, 1.82) is 0 Å². The quantitative estimate of drug-likeness (QED) is 0.526. The Morgan fingerprint density at radius 3 is 2.30 bits per heavy atom. The molecule has 1 aliphatic carbocycles. The van der Waals surface area contributed by atoms with E-state index < -0.39 is 6.17 Å².